The van der Waals surface area contributed by atoms with Crippen LogP contribution in [-0.4, -0.2) is 37.1 Å². The molecule has 26 heavy (non-hydrogen) atoms. The molecule has 0 aromatic carbocycles. The fourth-order valence-electron chi connectivity index (χ4n) is 2.63. The lowest BCUT2D eigenvalue weighted by Gasteiger charge is -2.03. The van der Waals surface area contributed by atoms with Gasteiger partial charge in [-0.05, 0) is 31.9 Å². The number of carbonyl (C=O) groups is 3. The molecule has 0 bridgehead atoms. The first-order valence-electron chi connectivity index (χ1n) is 7.98. The van der Waals surface area contributed by atoms with Gasteiger partial charge in [0.1, 0.15) is 18.1 Å². The summed E-state index contributed by atoms with van der Waals surface area (Å²) < 4.78 is 20.0. The number of esters is 3. The number of H-pyrrole nitrogens is 1. The summed E-state index contributed by atoms with van der Waals surface area (Å²) in [6.45, 7) is 5.02. The molecule has 0 aliphatic heterocycles. The Hall–Kier alpha value is -3.03. The zero-order valence-electron chi connectivity index (χ0n) is 15.3. The van der Waals surface area contributed by atoms with Gasteiger partial charge in [0.15, 0.2) is 0 Å². The van der Waals surface area contributed by atoms with Gasteiger partial charge < -0.3 is 23.6 Å². The summed E-state index contributed by atoms with van der Waals surface area (Å²) in [4.78, 5) is 38.7. The first kappa shape index (κ1) is 19.3. The molecule has 0 saturated carbocycles. The number of carbonyl (C=O) groups excluding carboxylic acids is 3. The molecule has 2 heterocycles. The second-order valence-corrected chi connectivity index (χ2v) is 5.62. The highest BCUT2D eigenvalue weighted by Crippen LogP contribution is 2.22. The number of hydrogen-bond donors (Lipinski definition) is 1. The first-order valence-corrected chi connectivity index (χ1v) is 7.98. The minimum Gasteiger partial charge on any atom is -0.465 e. The van der Waals surface area contributed by atoms with E-state index in [0.717, 1.165) is 0 Å². The molecule has 0 aliphatic carbocycles. The number of methoxy groups -OCH3 is 2. The van der Waals surface area contributed by atoms with E-state index in [0.29, 0.717) is 34.6 Å². The zero-order valence-corrected chi connectivity index (χ0v) is 15.3. The smallest absolute Gasteiger partial charge is 0.374 e. The third kappa shape index (κ3) is 3.63. The van der Waals surface area contributed by atoms with Crippen LogP contribution >= 0.6 is 0 Å². The second-order valence-electron chi connectivity index (χ2n) is 5.62. The van der Waals surface area contributed by atoms with E-state index >= 15 is 0 Å². The molecular formula is C18H21NO7. The molecule has 0 spiro atoms. The Morgan fingerprint density at radius 3 is 2.31 bits per heavy atom. The molecule has 2 rings (SSSR count). The number of aromatic amines is 1. The van der Waals surface area contributed by atoms with Crippen LogP contribution in [-0.2, 0) is 27.2 Å². The highest BCUT2D eigenvalue weighted by Gasteiger charge is 2.25. The Bertz CT molecular complexity index is 844. The topological polar surface area (TPSA) is 108 Å². The van der Waals surface area contributed by atoms with E-state index in [4.69, 9.17) is 13.9 Å². The fraction of sp³-hybridized carbons (Fsp3) is 0.389. The van der Waals surface area contributed by atoms with Crippen molar-refractivity contribution in [3.8, 4) is 0 Å². The van der Waals surface area contributed by atoms with Crippen LogP contribution in [0.15, 0.2) is 10.5 Å². The monoisotopic (exact) mass is 363 g/mol. The number of aryl methyl sites for hydroxylation is 2. The molecule has 0 atom stereocenters. The van der Waals surface area contributed by atoms with Crippen molar-refractivity contribution in [2.45, 2.75) is 33.8 Å². The van der Waals surface area contributed by atoms with Gasteiger partial charge in [0.2, 0.25) is 5.76 Å². The zero-order chi connectivity index (χ0) is 19.4. The van der Waals surface area contributed by atoms with Crippen LogP contribution in [0.3, 0.4) is 0 Å². The van der Waals surface area contributed by atoms with Crippen molar-refractivity contribution in [2.75, 3.05) is 14.2 Å². The quantitative estimate of drug-likeness (QED) is 0.621. The van der Waals surface area contributed by atoms with Crippen LogP contribution < -0.4 is 0 Å². The van der Waals surface area contributed by atoms with Crippen molar-refractivity contribution in [3.05, 3.63) is 45.7 Å². The minimum atomic E-state index is -0.638. The molecule has 0 unspecified atom stereocenters. The third-order valence-electron chi connectivity index (χ3n) is 3.96. The largest absolute Gasteiger partial charge is 0.465 e. The molecule has 8 nitrogen and oxygen atoms in total. The summed E-state index contributed by atoms with van der Waals surface area (Å²) in [6.07, 6.45) is 0.526. The third-order valence-corrected chi connectivity index (χ3v) is 3.96. The van der Waals surface area contributed by atoms with Gasteiger partial charge in [-0.15, -0.1) is 0 Å². The number of ether oxygens (including phenoxy) is 3. The summed E-state index contributed by atoms with van der Waals surface area (Å²) in [5.74, 6) is -1.38. The van der Waals surface area contributed by atoms with Crippen molar-refractivity contribution < 1.29 is 33.0 Å². The van der Waals surface area contributed by atoms with E-state index in [1.54, 1.807) is 19.9 Å². The number of furan rings is 1. The van der Waals surface area contributed by atoms with Gasteiger partial charge in [0, 0.05) is 11.3 Å². The molecule has 0 saturated heterocycles. The predicted octanol–water partition coefficient (Wildman–Crippen LogP) is 2.72. The molecule has 1 N–H and O–H groups in total. The van der Waals surface area contributed by atoms with E-state index in [2.05, 4.69) is 9.72 Å². The van der Waals surface area contributed by atoms with Gasteiger partial charge >= 0.3 is 17.9 Å². The van der Waals surface area contributed by atoms with E-state index in [9.17, 15) is 14.4 Å². The van der Waals surface area contributed by atoms with Crippen LogP contribution in [0.2, 0.25) is 0 Å². The first-order chi connectivity index (χ1) is 12.3. The SMILES string of the molecule is CCc1[nH]c(C(=O)OCc2cc(C)c(C(=O)OC)o2)c(C)c1C(=O)OC. The van der Waals surface area contributed by atoms with Crippen LogP contribution in [0.1, 0.15) is 60.9 Å². The summed E-state index contributed by atoms with van der Waals surface area (Å²) in [6, 6.07) is 1.60. The molecule has 0 radical (unpaired) electrons. The Labute approximate surface area is 150 Å². The highest BCUT2D eigenvalue weighted by molar-refractivity contribution is 5.98. The summed E-state index contributed by atoms with van der Waals surface area (Å²) in [7, 11) is 2.53. The summed E-state index contributed by atoms with van der Waals surface area (Å²) in [5, 5.41) is 0. The maximum atomic E-state index is 12.4. The maximum Gasteiger partial charge on any atom is 0.374 e. The normalized spacial score (nSPS) is 10.5. The molecule has 2 aromatic rings. The van der Waals surface area contributed by atoms with Gasteiger partial charge in [0.05, 0.1) is 19.8 Å². The number of aromatic nitrogens is 1. The van der Waals surface area contributed by atoms with Crippen LogP contribution in [0.25, 0.3) is 0 Å². The second kappa shape index (κ2) is 7.90. The standard InChI is InChI=1S/C18H21NO7/c1-6-12-13(16(20)23-4)10(3)14(19-12)17(21)25-8-11-7-9(2)15(26-11)18(22)24-5/h7,19H,6,8H2,1-5H3. The Morgan fingerprint density at radius 2 is 1.73 bits per heavy atom. The van der Waals surface area contributed by atoms with Crippen molar-refractivity contribution in [2.24, 2.45) is 0 Å². The van der Waals surface area contributed by atoms with Gasteiger partial charge in [-0.2, -0.15) is 0 Å². The Kier molecular flexibility index (Phi) is 5.86. The number of nitrogens with one attached hydrogen (secondary N) is 1. The van der Waals surface area contributed by atoms with Crippen molar-refractivity contribution >= 4 is 17.9 Å². The van der Waals surface area contributed by atoms with E-state index in [-0.39, 0.29) is 18.1 Å². The van der Waals surface area contributed by atoms with Gasteiger partial charge in [-0.3, -0.25) is 0 Å². The van der Waals surface area contributed by atoms with Crippen LogP contribution in [0.5, 0.6) is 0 Å². The molecule has 0 amide bonds. The summed E-state index contributed by atoms with van der Waals surface area (Å²) in [5.41, 5.74) is 2.16. The van der Waals surface area contributed by atoms with E-state index < -0.39 is 17.9 Å². The van der Waals surface area contributed by atoms with Gasteiger partial charge in [-0.1, -0.05) is 6.92 Å². The number of rotatable bonds is 6. The molecule has 140 valence electrons. The van der Waals surface area contributed by atoms with E-state index in [1.807, 2.05) is 6.92 Å². The van der Waals surface area contributed by atoms with E-state index in [1.165, 1.54) is 14.2 Å². The summed E-state index contributed by atoms with van der Waals surface area (Å²) >= 11 is 0. The molecule has 8 heteroatoms. The van der Waals surface area contributed by atoms with Crippen molar-refractivity contribution in [1.82, 2.24) is 4.98 Å². The minimum absolute atomic E-state index is 0.0656. The molecule has 2 aromatic heterocycles. The lowest BCUT2D eigenvalue weighted by atomic mass is 10.1. The molecular weight excluding hydrogens is 342 g/mol. The molecule has 0 aliphatic rings. The lowest BCUT2D eigenvalue weighted by Crippen LogP contribution is -2.08. The van der Waals surface area contributed by atoms with Gasteiger partial charge in [-0.25, -0.2) is 14.4 Å². The number of hydrogen-bond acceptors (Lipinski definition) is 7. The Balaban J connectivity index is 2.17. The van der Waals surface area contributed by atoms with Crippen LogP contribution in [0.4, 0.5) is 0 Å². The Morgan fingerprint density at radius 1 is 1.08 bits per heavy atom. The van der Waals surface area contributed by atoms with Crippen molar-refractivity contribution in [1.29, 1.82) is 0 Å². The fourth-order valence-corrected chi connectivity index (χ4v) is 2.63. The van der Waals surface area contributed by atoms with Gasteiger partial charge in [0.25, 0.3) is 0 Å². The van der Waals surface area contributed by atoms with Crippen LogP contribution in [0, 0.1) is 13.8 Å². The average Bonchev–Trinajstić information content (AvgIpc) is 3.18. The maximum absolute atomic E-state index is 12.4. The average molecular weight is 363 g/mol. The van der Waals surface area contributed by atoms with Crippen molar-refractivity contribution in [3.63, 3.8) is 0 Å². The predicted molar refractivity (Wildman–Crippen MR) is 90.2 cm³/mol. The highest BCUT2D eigenvalue weighted by atomic mass is 16.6. The lowest BCUT2D eigenvalue weighted by molar-refractivity contribution is 0.0431. The molecule has 0 fully saturated rings.